The van der Waals surface area contributed by atoms with Crippen molar-refractivity contribution < 1.29 is 4.42 Å². The average molecular weight is 729 g/mol. The zero-order chi connectivity index (χ0) is 37.7. The molecule has 0 atom stereocenters. The van der Waals surface area contributed by atoms with Gasteiger partial charge in [0.2, 0.25) is 0 Å². The van der Waals surface area contributed by atoms with E-state index in [1.165, 1.54) is 32.9 Å². The Hall–Kier alpha value is -7.62. The van der Waals surface area contributed by atoms with Gasteiger partial charge in [-0.15, -0.1) is 0 Å². The average Bonchev–Trinajstić information content (AvgIpc) is 3.84. The highest BCUT2D eigenvalue weighted by Crippen LogP contribution is 2.47. The monoisotopic (exact) mass is 728 g/mol. The fourth-order valence-corrected chi connectivity index (χ4v) is 8.56. The Labute approximate surface area is 330 Å². The summed E-state index contributed by atoms with van der Waals surface area (Å²) in [7, 11) is 0. The van der Waals surface area contributed by atoms with Gasteiger partial charge in [-0.1, -0.05) is 146 Å². The standard InChI is InChI=1S/C54H36N2O/c1-4-16-37(17-5-1)39-20-14-24-43(34-39)55(44-25-15-21-40(35-44)38-18-6-2-7-19-38)51-33-31-45(54-53(51)47-27-11-13-29-52(47)57-54)41-30-32-50-48(36-41)46-26-10-12-28-49(46)56(50)42-22-8-3-9-23-42/h1-36H. The lowest BCUT2D eigenvalue weighted by Crippen LogP contribution is -2.10. The van der Waals surface area contributed by atoms with Crippen LogP contribution in [0.2, 0.25) is 0 Å². The molecule has 11 aromatic rings. The van der Waals surface area contributed by atoms with Gasteiger partial charge in [-0.3, -0.25) is 0 Å². The zero-order valence-corrected chi connectivity index (χ0v) is 31.1. The molecule has 0 aliphatic rings. The summed E-state index contributed by atoms with van der Waals surface area (Å²) >= 11 is 0. The van der Waals surface area contributed by atoms with Gasteiger partial charge >= 0.3 is 0 Å². The molecule has 0 aliphatic carbocycles. The number of hydrogen-bond acceptors (Lipinski definition) is 2. The van der Waals surface area contributed by atoms with Gasteiger partial charge in [-0.25, -0.2) is 0 Å². The molecule has 57 heavy (non-hydrogen) atoms. The molecule has 0 spiro atoms. The molecule has 0 saturated heterocycles. The molecule has 0 N–H and O–H groups in total. The maximum atomic E-state index is 6.93. The lowest BCUT2D eigenvalue weighted by molar-refractivity contribution is 0.670. The Balaban J connectivity index is 1.15. The first kappa shape index (κ1) is 32.8. The molecule has 0 unspecified atom stereocenters. The summed E-state index contributed by atoms with van der Waals surface area (Å²) in [5.74, 6) is 0. The molecular formula is C54H36N2O. The molecule has 0 radical (unpaired) electrons. The van der Waals surface area contributed by atoms with Crippen molar-refractivity contribution in [2.45, 2.75) is 0 Å². The number of furan rings is 1. The summed E-state index contributed by atoms with van der Waals surface area (Å²) in [6.45, 7) is 0. The number of hydrogen-bond donors (Lipinski definition) is 0. The van der Waals surface area contributed by atoms with E-state index in [1.807, 2.05) is 0 Å². The Morgan fingerprint density at radius 1 is 0.368 bits per heavy atom. The van der Waals surface area contributed by atoms with Gasteiger partial charge in [0.1, 0.15) is 11.2 Å². The van der Waals surface area contributed by atoms with Crippen molar-refractivity contribution in [3.8, 4) is 39.1 Å². The third-order valence-electron chi connectivity index (χ3n) is 11.2. The fraction of sp³-hybridized carbons (Fsp3) is 0. The van der Waals surface area contributed by atoms with Crippen molar-refractivity contribution >= 4 is 60.8 Å². The minimum absolute atomic E-state index is 0.860. The molecule has 0 aliphatic heterocycles. The van der Waals surface area contributed by atoms with Crippen molar-refractivity contribution in [2.24, 2.45) is 0 Å². The van der Waals surface area contributed by atoms with Crippen molar-refractivity contribution in [3.63, 3.8) is 0 Å². The number of aromatic nitrogens is 1. The Kier molecular flexibility index (Phi) is 7.82. The number of fused-ring (bicyclic) bond motifs is 6. The van der Waals surface area contributed by atoms with Gasteiger partial charge in [0, 0.05) is 38.8 Å². The number of rotatable bonds is 7. The number of para-hydroxylation sites is 3. The fourth-order valence-electron chi connectivity index (χ4n) is 8.56. The summed E-state index contributed by atoms with van der Waals surface area (Å²) in [5, 5.41) is 4.58. The van der Waals surface area contributed by atoms with Crippen LogP contribution in [0.5, 0.6) is 0 Å². The molecule has 3 heteroatoms. The third kappa shape index (κ3) is 5.60. The van der Waals surface area contributed by atoms with E-state index in [-0.39, 0.29) is 0 Å². The van der Waals surface area contributed by atoms with Crippen LogP contribution in [-0.2, 0) is 0 Å². The number of anilines is 3. The van der Waals surface area contributed by atoms with Crippen molar-refractivity contribution in [2.75, 3.05) is 4.90 Å². The van der Waals surface area contributed by atoms with Crippen LogP contribution in [0.3, 0.4) is 0 Å². The quantitative estimate of drug-likeness (QED) is 0.163. The van der Waals surface area contributed by atoms with E-state index in [0.717, 1.165) is 66.9 Å². The molecule has 3 nitrogen and oxygen atoms in total. The van der Waals surface area contributed by atoms with Crippen LogP contribution in [0.4, 0.5) is 17.1 Å². The van der Waals surface area contributed by atoms with Crippen molar-refractivity contribution in [1.29, 1.82) is 0 Å². The highest BCUT2D eigenvalue weighted by Gasteiger charge is 2.23. The van der Waals surface area contributed by atoms with Crippen molar-refractivity contribution in [1.82, 2.24) is 4.57 Å². The van der Waals surface area contributed by atoms with E-state index >= 15 is 0 Å². The third-order valence-corrected chi connectivity index (χ3v) is 11.2. The Bertz CT molecular complexity index is 3150. The number of benzene rings is 9. The van der Waals surface area contributed by atoms with Crippen molar-refractivity contribution in [3.05, 3.63) is 218 Å². The molecule has 0 saturated carbocycles. The van der Waals surface area contributed by atoms with E-state index in [1.54, 1.807) is 0 Å². The largest absolute Gasteiger partial charge is 0.455 e. The second-order valence-electron chi connectivity index (χ2n) is 14.5. The smallest absolute Gasteiger partial charge is 0.145 e. The molecule has 268 valence electrons. The van der Waals surface area contributed by atoms with Crippen LogP contribution in [0.1, 0.15) is 0 Å². The lowest BCUT2D eigenvalue weighted by Gasteiger charge is -2.27. The molecule has 0 amide bonds. The van der Waals surface area contributed by atoms with Gasteiger partial charge in [0.05, 0.1) is 22.1 Å². The topological polar surface area (TPSA) is 21.3 Å². The predicted octanol–water partition coefficient (Wildman–Crippen LogP) is 15.2. The summed E-state index contributed by atoms with van der Waals surface area (Å²) in [5.41, 5.74) is 15.2. The summed E-state index contributed by atoms with van der Waals surface area (Å²) < 4.78 is 9.29. The highest BCUT2D eigenvalue weighted by atomic mass is 16.3. The van der Waals surface area contributed by atoms with Gasteiger partial charge < -0.3 is 13.9 Å². The highest BCUT2D eigenvalue weighted by molar-refractivity contribution is 6.18. The lowest BCUT2D eigenvalue weighted by atomic mass is 9.97. The molecule has 2 heterocycles. The first-order chi connectivity index (χ1) is 28.3. The first-order valence-electron chi connectivity index (χ1n) is 19.4. The molecule has 0 bridgehead atoms. The van der Waals surface area contributed by atoms with Crippen LogP contribution in [0.15, 0.2) is 223 Å². The molecule has 9 aromatic carbocycles. The molecule has 11 rings (SSSR count). The predicted molar refractivity (Wildman–Crippen MR) is 239 cm³/mol. The number of nitrogens with zero attached hydrogens (tertiary/aromatic N) is 2. The maximum Gasteiger partial charge on any atom is 0.145 e. The minimum Gasteiger partial charge on any atom is -0.455 e. The molecular weight excluding hydrogens is 693 g/mol. The summed E-state index contributed by atoms with van der Waals surface area (Å²) in [6.07, 6.45) is 0. The van der Waals surface area contributed by atoms with Gasteiger partial charge in [-0.2, -0.15) is 0 Å². The Morgan fingerprint density at radius 2 is 0.930 bits per heavy atom. The van der Waals surface area contributed by atoms with Gasteiger partial charge in [0.15, 0.2) is 0 Å². The second-order valence-corrected chi connectivity index (χ2v) is 14.5. The van der Waals surface area contributed by atoms with Gasteiger partial charge in [-0.05, 0) is 101 Å². The zero-order valence-electron chi connectivity index (χ0n) is 31.1. The van der Waals surface area contributed by atoms with E-state index in [2.05, 4.69) is 228 Å². The summed E-state index contributed by atoms with van der Waals surface area (Å²) in [4.78, 5) is 2.39. The molecule has 0 fully saturated rings. The van der Waals surface area contributed by atoms with Crippen LogP contribution in [0.25, 0.3) is 82.8 Å². The van der Waals surface area contributed by atoms with Gasteiger partial charge in [0.25, 0.3) is 0 Å². The second kappa shape index (κ2) is 13.6. The SMILES string of the molecule is c1ccc(-c2cccc(N(c3cccc(-c4ccccc4)c3)c3ccc(-c4ccc5c(c4)c4ccccc4n5-c4ccccc4)c4oc5ccccc5c34)c2)cc1. The van der Waals surface area contributed by atoms with E-state index in [0.29, 0.717) is 0 Å². The van der Waals surface area contributed by atoms with Crippen LogP contribution in [0, 0.1) is 0 Å². The van der Waals surface area contributed by atoms with Crippen LogP contribution >= 0.6 is 0 Å². The molecule has 2 aromatic heterocycles. The Morgan fingerprint density at radius 3 is 1.61 bits per heavy atom. The maximum absolute atomic E-state index is 6.93. The normalized spacial score (nSPS) is 11.5. The van der Waals surface area contributed by atoms with E-state index in [9.17, 15) is 0 Å². The van der Waals surface area contributed by atoms with E-state index in [4.69, 9.17) is 4.42 Å². The van der Waals surface area contributed by atoms with E-state index < -0.39 is 0 Å². The summed E-state index contributed by atoms with van der Waals surface area (Å²) in [6, 6.07) is 78.0. The van der Waals surface area contributed by atoms with Crippen LogP contribution in [-0.4, -0.2) is 4.57 Å². The first-order valence-corrected chi connectivity index (χ1v) is 19.4. The minimum atomic E-state index is 0.860. The van der Waals surface area contributed by atoms with Crippen LogP contribution < -0.4 is 4.90 Å².